The van der Waals surface area contributed by atoms with Gasteiger partial charge in [0, 0.05) is 17.7 Å². The van der Waals surface area contributed by atoms with Crippen LogP contribution in [0.1, 0.15) is 12.0 Å². The van der Waals surface area contributed by atoms with Gasteiger partial charge in [-0.2, -0.15) is 13.8 Å². The van der Waals surface area contributed by atoms with E-state index in [1.54, 1.807) is 0 Å². The molecule has 0 unspecified atom stereocenters. The van der Waals surface area contributed by atoms with Crippen LogP contribution >= 0.6 is 0 Å². The lowest BCUT2D eigenvalue weighted by Gasteiger charge is -1.92. The van der Waals surface area contributed by atoms with E-state index < -0.39 is 17.9 Å². The lowest BCUT2D eigenvalue weighted by molar-refractivity contribution is -0.139. The first-order valence-electron chi connectivity index (χ1n) is 4.00. The molecule has 5 heteroatoms. The molecule has 1 aromatic rings. The zero-order valence-electron chi connectivity index (χ0n) is 7.88. The van der Waals surface area contributed by atoms with Gasteiger partial charge in [0.1, 0.15) is 6.42 Å². The Morgan fingerprint density at radius 3 is 2.60 bits per heavy atom. The molecule has 0 atom stereocenters. The van der Waals surface area contributed by atoms with E-state index in [0.29, 0.717) is 0 Å². The van der Waals surface area contributed by atoms with Gasteiger partial charge in [-0.3, -0.25) is 4.79 Å². The third-order valence-corrected chi connectivity index (χ3v) is 1.46. The summed E-state index contributed by atoms with van der Waals surface area (Å²) >= 11 is 0. The van der Waals surface area contributed by atoms with Gasteiger partial charge in [0.2, 0.25) is 11.9 Å². The van der Waals surface area contributed by atoms with Crippen molar-refractivity contribution in [2.75, 3.05) is 7.11 Å². The maximum atomic E-state index is 12.6. The average molecular weight is 211 g/mol. The van der Waals surface area contributed by atoms with Gasteiger partial charge in [0.25, 0.3) is 0 Å². The topological polar surface area (TPSA) is 39.2 Å². The minimum absolute atomic E-state index is 0.123. The predicted octanol–water partition coefficient (Wildman–Crippen LogP) is 1.27. The molecule has 0 N–H and O–H groups in total. The molecule has 3 nitrogen and oxygen atoms in total. The van der Waals surface area contributed by atoms with Crippen molar-refractivity contribution >= 4 is 5.97 Å². The number of carbonyl (C=O) groups excluding carboxylic acids is 1. The summed E-state index contributed by atoms with van der Waals surface area (Å²) in [5.41, 5.74) is 0.129. The van der Waals surface area contributed by atoms with Crippen LogP contribution in [0.2, 0.25) is 0 Å². The third kappa shape index (κ3) is 3.73. The second kappa shape index (κ2) is 5.05. The first-order chi connectivity index (χ1) is 7.11. The lowest BCUT2D eigenvalue weighted by atomic mass is 10.2. The van der Waals surface area contributed by atoms with Gasteiger partial charge in [-0.15, -0.1) is 0 Å². The molecule has 78 valence electrons. The summed E-state index contributed by atoms with van der Waals surface area (Å²) in [4.78, 5) is 13.6. The van der Waals surface area contributed by atoms with Gasteiger partial charge in [-0.1, -0.05) is 11.8 Å². The van der Waals surface area contributed by atoms with E-state index in [1.807, 2.05) is 0 Å². The predicted molar refractivity (Wildman–Crippen MR) is 47.7 cm³/mol. The summed E-state index contributed by atoms with van der Waals surface area (Å²) in [6.45, 7) is 0. The van der Waals surface area contributed by atoms with Crippen molar-refractivity contribution in [3.05, 3.63) is 29.6 Å². The molecule has 1 rings (SSSR count). The number of methoxy groups -OCH3 is 1. The highest BCUT2D eigenvalue weighted by Crippen LogP contribution is 2.02. The summed E-state index contributed by atoms with van der Waals surface area (Å²) in [5.74, 6) is 2.45. The Kier molecular flexibility index (Phi) is 3.75. The Hall–Kier alpha value is -1.96. The summed E-state index contributed by atoms with van der Waals surface area (Å²) in [7, 11) is 1.23. The second-order valence-corrected chi connectivity index (χ2v) is 2.56. The first-order valence-corrected chi connectivity index (χ1v) is 4.00. The number of pyridine rings is 1. The molecular formula is C10H7F2NO2. The van der Waals surface area contributed by atoms with E-state index in [0.717, 1.165) is 12.1 Å². The Morgan fingerprint density at radius 2 is 2.07 bits per heavy atom. The maximum Gasteiger partial charge on any atom is 0.317 e. The third-order valence-electron chi connectivity index (χ3n) is 1.46. The van der Waals surface area contributed by atoms with Crippen LogP contribution in [0.15, 0.2) is 12.1 Å². The molecule has 15 heavy (non-hydrogen) atoms. The fraction of sp³-hybridized carbons (Fsp3) is 0.200. The zero-order valence-corrected chi connectivity index (χ0v) is 7.88. The molecule has 0 aliphatic heterocycles. The molecule has 0 saturated heterocycles. The van der Waals surface area contributed by atoms with E-state index in [4.69, 9.17) is 0 Å². The highest BCUT2D eigenvalue weighted by molar-refractivity contribution is 5.72. The Morgan fingerprint density at radius 1 is 1.47 bits per heavy atom. The fourth-order valence-electron chi connectivity index (χ4n) is 0.828. The number of esters is 1. The van der Waals surface area contributed by atoms with Crippen LogP contribution in [0.4, 0.5) is 8.78 Å². The fourth-order valence-corrected chi connectivity index (χ4v) is 0.828. The van der Waals surface area contributed by atoms with Gasteiger partial charge in [-0.25, -0.2) is 0 Å². The van der Waals surface area contributed by atoms with Crippen LogP contribution in [0.25, 0.3) is 0 Å². The standard InChI is InChI=1S/C10H7F2NO2/c1-15-10(14)4-2-3-7-5-8(11)13-9(12)6-7/h5-6H,4H2,1H3. The van der Waals surface area contributed by atoms with Crippen molar-refractivity contribution < 1.29 is 18.3 Å². The van der Waals surface area contributed by atoms with Crippen LogP contribution in [-0.4, -0.2) is 18.1 Å². The molecule has 0 radical (unpaired) electrons. The summed E-state index contributed by atoms with van der Waals surface area (Å²) in [6, 6.07) is 1.96. The number of nitrogens with zero attached hydrogens (tertiary/aromatic N) is 1. The monoisotopic (exact) mass is 211 g/mol. The molecule has 0 bridgehead atoms. The van der Waals surface area contributed by atoms with Crippen LogP contribution in [0, 0.1) is 23.7 Å². The van der Waals surface area contributed by atoms with Crippen molar-refractivity contribution in [2.45, 2.75) is 6.42 Å². The van der Waals surface area contributed by atoms with Crippen LogP contribution in [-0.2, 0) is 9.53 Å². The van der Waals surface area contributed by atoms with E-state index in [9.17, 15) is 13.6 Å². The molecule has 0 fully saturated rings. The highest BCUT2D eigenvalue weighted by Gasteiger charge is 1.99. The van der Waals surface area contributed by atoms with E-state index >= 15 is 0 Å². The van der Waals surface area contributed by atoms with Gasteiger partial charge in [-0.05, 0) is 0 Å². The number of hydrogen-bond acceptors (Lipinski definition) is 3. The minimum Gasteiger partial charge on any atom is -0.468 e. The molecular weight excluding hydrogens is 204 g/mol. The summed E-state index contributed by atoms with van der Waals surface area (Å²) in [6.07, 6.45) is -0.123. The van der Waals surface area contributed by atoms with Gasteiger partial charge >= 0.3 is 5.97 Å². The van der Waals surface area contributed by atoms with Crippen LogP contribution in [0.5, 0.6) is 0 Å². The quantitative estimate of drug-likeness (QED) is 0.399. The Labute approximate surface area is 85.1 Å². The smallest absolute Gasteiger partial charge is 0.317 e. The minimum atomic E-state index is -0.947. The molecule has 1 aromatic heterocycles. The Bertz CT molecular complexity index is 415. The molecule has 0 aliphatic carbocycles. The normalized spacial score (nSPS) is 9.00. The number of halogens is 2. The average Bonchev–Trinajstić information content (AvgIpc) is 2.16. The van der Waals surface area contributed by atoms with Gasteiger partial charge in [0.05, 0.1) is 7.11 Å². The van der Waals surface area contributed by atoms with Crippen LogP contribution in [0.3, 0.4) is 0 Å². The largest absolute Gasteiger partial charge is 0.468 e. The Balaban J connectivity index is 2.75. The molecule has 0 saturated carbocycles. The van der Waals surface area contributed by atoms with Gasteiger partial charge < -0.3 is 4.74 Å². The molecule has 0 spiro atoms. The number of rotatable bonds is 1. The van der Waals surface area contributed by atoms with Crippen molar-refractivity contribution in [3.8, 4) is 11.8 Å². The maximum absolute atomic E-state index is 12.6. The van der Waals surface area contributed by atoms with E-state index in [-0.39, 0.29) is 12.0 Å². The first kappa shape index (κ1) is 11.1. The zero-order chi connectivity index (χ0) is 11.3. The summed E-state index contributed by atoms with van der Waals surface area (Å²) < 4.78 is 29.5. The SMILES string of the molecule is COC(=O)CC#Cc1cc(F)nc(F)c1. The number of hydrogen-bond donors (Lipinski definition) is 0. The summed E-state index contributed by atoms with van der Waals surface area (Å²) in [5, 5.41) is 0. The molecule has 0 aliphatic rings. The van der Waals surface area contributed by atoms with E-state index in [1.165, 1.54) is 7.11 Å². The van der Waals surface area contributed by atoms with Crippen molar-refractivity contribution in [1.29, 1.82) is 0 Å². The van der Waals surface area contributed by atoms with Crippen LogP contribution < -0.4 is 0 Å². The molecule has 1 heterocycles. The molecule has 0 aromatic carbocycles. The van der Waals surface area contributed by atoms with Crippen molar-refractivity contribution in [1.82, 2.24) is 4.98 Å². The molecule has 0 amide bonds. The second-order valence-electron chi connectivity index (χ2n) is 2.56. The number of carbonyl (C=O) groups is 1. The highest BCUT2D eigenvalue weighted by atomic mass is 19.1. The number of ether oxygens (including phenoxy) is 1. The van der Waals surface area contributed by atoms with Crippen molar-refractivity contribution in [3.63, 3.8) is 0 Å². The number of aromatic nitrogens is 1. The van der Waals surface area contributed by atoms with Crippen molar-refractivity contribution in [2.24, 2.45) is 0 Å². The van der Waals surface area contributed by atoms with Gasteiger partial charge in [0.15, 0.2) is 0 Å². The lowest BCUT2D eigenvalue weighted by Crippen LogP contribution is -1.97. The van der Waals surface area contributed by atoms with E-state index in [2.05, 4.69) is 21.6 Å².